The molecular formula is C17H24N6O. The first-order valence-corrected chi connectivity index (χ1v) is 8.07. The van der Waals surface area contributed by atoms with Gasteiger partial charge in [-0.05, 0) is 30.5 Å². The number of nitrogens with two attached hydrogens (primary N) is 1. The molecule has 0 unspecified atom stereocenters. The predicted molar refractivity (Wildman–Crippen MR) is 93.1 cm³/mol. The van der Waals surface area contributed by atoms with Crippen LogP contribution in [0.4, 0.5) is 0 Å². The molecular weight excluding hydrogens is 304 g/mol. The van der Waals surface area contributed by atoms with Gasteiger partial charge in [-0.15, -0.1) is 0 Å². The monoisotopic (exact) mass is 328 g/mol. The number of likely N-dealkylation sites (tertiary alicyclic amines) is 1. The molecule has 4 N–H and O–H groups in total. The lowest BCUT2D eigenvalue weighted by molar-refractivity contribution is -0.119. The van der Waals surface area contributed by atoms with Gasteiger partial charge < -0.3 is 16.4 Å². The Morgan fingerprint density at radius 1 is 1.38 bits per heavy atom. The number of carbonyl (C=O) groups is 1. The summed E-state index contributed by atoms with van der Waals surface area (Å²) in [6.45, 7) is 2.69. The molecule has 1 aromatic rings. The number of amides is 1. The van der Waals surface area contributed by atoms with Crippen LogP contribution in [0, 0.1) is 11.3 Å². The summed E-state index contributed by atoms with van der Waals surface area (Å²) in [6, 6.07) is 9.92. The highest BCUT2D eigenvalue weighted by atomic mass is 16.1. The third-order valence-electron chi connectivity index (χ3n) is 4.07. The molecule has 1 fully saturated rings. The lowest BCUT2D eigenvalue weighted by Crippen LogP contribution is -2.49. The minimum absolute atomic E-state index is 0.277. The van der Waals surface area contributed by atoms with E-state index in [1.54, 1.807) is 7.05 Å². The van der Waals surface area contributed by atoms with Crippen molar-refractivity contribution in [2.45, 2.75) is 25.4 Å². The number of hydrogen-bond donors (Lipinski definition) is 3. The molecule has 0 radical (unpaired) electrons. The SMILES string of the molecule is CN=C(NCc1ccc(C#N)cc1)NC1CCN(CC(N)=O)CC1. The van der Waals surface area contributed by atoms with Gasteiger partial charge in [0.1, 0.15) is 0 Å². The molecule has 0 aliphatic carbocycles. The number of nitrogens with one attached hydrogen (secondary N) is 2. The van der Waals surface area contributed by atoms with Gasteiger partial charge in [0.25, 0.3) is 0 Å². The van der Waals surface area contributed by atoms with Gasteiger partial charge in [0.15, 0.2) is 5.96 Å². The molecule has 1 aromatic carbocycles. The fraction of sp³-hybridized carbons (Fsp3) is 0.471. The number of rotatable bonds is 5. The highest BCUT2D eigenvalue weighted by molar-refractivity contribution is 5.80. The van der Waals surface area contributed by atoms with E-state index in [9.17, 15) is 4.79 Å². The van der Waals surface area contributed by atoms with Gasteiger partial charge in [0.2, 0.25) is 5.91 Å². The van der Waals surface area contributed by atoms with Crippen LogP contribution < -0.4 is 16.4 Å². The highest BCUT2D eigenvalue weighted by Crippen LogP contribution is 2.09. The molecule has 0 atom stereocenters. The summed E-state index contributed by atoms with van der Waals surface area (Å²) in [5, 5.41) is 15.5. The number of carbonyl (C=O) groups excluding carboxylic acids is 1. The Labute approximate surface area is 142 Å². The van der Waals surface area contributed by atoms with Gasteiger partial charge in [-0.25, -0.2) is 0 Å². The lowest BCUT2D eigenvalue weighted by Gasteiger charge is -2.32. The van der Waals surface area contributed by atoms with E-state index in [4.69, 9.17) is 11.0 Å². The predicted octanol–water partition coefficient (Wildman–Crippen LogP) is 0.173. The number of hydrogen-bond acceptors (Lipinski definition) is 4. The van der Waals surface area contributed by atoms with Gasteiger partial charge in [0, 0.05) is 32.7 Å². The van der Waals surface area contributed by atoms with E-state index >= 15 is 0 Å². The van der Waals surface area contributed by atoms with Crippen LogP contribution in [-0.2, 0) is 11.3 Å². The van der Waals surface area contributed by atoms with Crippen molar-refractivity contribution >= 4 is 11.9 Å². The Morgan fingerprint density at radius 2 is 2.04 bits per heavy atom. The Balaban J connectivity index is 1.76. The summed E-state index contributed by atoms with van der Waals surface area (Å²) in [5.74, 6) is 0.481. The lowest BCUT2D eigenvalue weighted by atomic mass is 10.1. The second-order valence-corrected chi connectivity index (χ2v) is 5.90. The van der Waals surface area contributed by atoms with Crippen molar-refractivity contribution in [2.24, 2.45) is 10.7 Å². The van der Waals surface area contributed by atoms with Crippen molar-refractivity contribution in [1.29, 1.82) is 5.26 Å². The first-order chi connectivity index (χ1) is 11.6. The molecule has 0 saturated carbocycles. The van der Waals surface area contributed by atoms with Crippen molar-refractivity contribution in [1.82, 2.24) is 15.5 Å². The Hall–Kier alpha value is -2.59. The average molecular weight is 328 g/mol. The third-order valence-corrected chi connectivity index (χ3v) is 4.07. The highest BCUT2D eigenvalue weighted by Gasteiger charge is 2.20. The zero-order valence-corrected chi connectivity index (χ0v) is 14.0. The third kappa shape index (κ3) is 5.56. The largest absolute Gasteiger partial charge is 0.369 e. The maximum Gasteiger partial charge on any atom is 0.231 e. The molecule has 0 spiro atoms. The molecule has 24 heavy (non-hydrogen) atoms. The van der Waals surface area contributed by atoms with E-state index in [2.05, 4.69) is 26.6 Å². The summed E-state index contributed by atoms with van der Waals surface area (Å²) in [4.78, 5) is 17.3. The van der Waals surface area contributed by atoms with Crippen LogP contribution >= 0.6 is 0 Å². The Bertz CT molecular complexity index is 611. The van der Waals surface area contributed by atoms with E-state index in [0.29, 0.717) is 24.7 Å². The maximum atomic E-state index is 11.0. The molecule has 0 bridgehead atoms. The van der Waals surface area contributed by atoms with E-state index < -0.39 is 0 Å². The number of benzene rings is 1. The van der Waals surface area contributed by atoms with Crippen LogP contribution in [0.2, 0.25) is 0 Å². The maximum absolute atomic E-state index is 11.0. The summed E-state index contributed by atoms with van der Waals surface area (Å²) in [7, 11) is 1.75. The van der Waals surface area contributed by atoms with E-state index in [-0.39, 0.29) is 5.91 Å². The molecule has 2 rings (SSSR count). The summed E-state index contributed by atoms with van der Waals surface area (Å²) in [6.07, 6.45) is 1.90. The Kier molecular flexibility index (Phi) is 6.58. The molecule has 1 heterocycles. The molecule has 7 heteroatoms. The molecule has 0 aromatic heterocycles. The smallest absolute Gasteiger partial charge is 0.231 e. The number of nitrogens with zero attached hydrogens (tertiary/aromatic N) is 3. The molecule has 1 saturated heterocycles. The zero-order chi connectivity index (χ0) is 17.4. The van der Waals surface area contributed by atoms with Crippen molar-refractivity contribution < 1.29 is 4.79 Å². The average Bonchev–Trinajstić information content (AvgIpc) is 2.60. The first-order valence-electron chi connectivity index (χ1n) is 8.07. The van der Waals surface area contributed by atoms with E-state index in [1.165, 1.54) is 0 Å². The molecule has 1 aliphatic rings. The summed E-state index contributed by atoms with van der Waals surface area (Å²) >= 11 is 0. The van der Waals surface area contributed by atoms with Crippen LogP contribution in [0.5, 0.6) is 0 Å². The van der Waals surface area contributed by atoms with Crippen LogP contribution in [0.25, 0.3) is 0 Å². The van der Waals surface area contributed by atoms with Crippen LogP contribution in [0.3, 0.4) is 0 Å². The minimum Gasteiger partial charge on any atom is -0.369 e. The summed E-state index contributed by atoms with van der Waals surface area (Å²) in [5.41, 5.74) is 6.98. The number of piperidine rings is 1. The van der Waals surface area contributed by atoms with Gasteiger partial charge in [-0.1, -0.05) is 12.1 Å². The summed E-state index contributed by atoms with van der Waals surface area (Å²) < 4.78 is 0. The standard InChI is InChI=1S/C17H24N6O/c1-20-17(21-11-14-4-2-13(10-18)3-5-14)22-15-6-8-23(9-7-15)12-16(19)24/h2-5,15H,6-9,11-12H2,1H3,(H2,19,24)(H2,20,21,22). The van der Waals surface area contributed by atoms with Crippen LogP contribution in [0.15, 0.2) is 29.3 Å². The van der Waals surface area contributed by atoms with Gasteiger partial charge in [0.05, 0.1) is 18.2 Å². The number of aliphatic imine (C=N–C) groups is 1. The first kappa shape index (κ1) is 17.8. The second kappa shape index (κ2) is 8.89. The van der Waals surface area contributed by atoms with Crippen molar-refractivity contribution in [2.75, 3.05) is 26.7 Å². The van der Waals surface area contributed by atoms with Crippen molar-refractivity contribution in [3.63, 3.8) is 0 Å². The number of nitriles is 1. The van der Waals surface area contributed by atoms with Crippen LogP contribution in [-0.4, -0.2) is 49.5 Å². The fourth-order valence-electron chi connectivity index (χ4n) is 2.73. The number of primary amides is 1. The van der Waals surface area contributed by atoms with Crippen molar-refractivity contribution in [3.05, 3.63) is 35.4 Å². The Morgan fingerprint density at radius 3 is 2.58 bits per heavy atom. The molecule has 1 aliphatic heterocycles. The van der Waals surface area contributed by atoms with Crippen molar-refractivity contribution in [3.8, 4) is 6.07 Å². The molecule has 1 amide bonds. The molecule has 7 nitrogen and oxygen atoms in total. The van der Waals surface area contributed by atoms with Gasteiger partial charge in [-0.3, -0.25) is 14.7 Å². The zero-order valence-electron chi connectivity index (χ0n) is 14.0. The second-order valence-electron chi connectivity index (χ2n) is 5.90. The van der Waals surface area contributed by atoms with Crippen LogP contribution in [0.1, 0.15) is 24.0 Å². The molecule has 128 valence electrons. The minimum atomic E-state index is -0.277. The van der Waals surface area contributed by atoms with Gasteiger partial charge in [-0.2, -0.15) is 5.26 Å². The number of guanidine groups is 1. The quantitative estimate of drug-likeness (QED) is 0.528. The fourth-order valence-corrected chi connectivity index (χ4v) is 2.73. The van der Waals surface area contributed by atoms with E-state index in [0.717, 1.165) is 37.5 Å². The van der Waals surface area contributed by atoms with Gasteiger partial charge >= 0.3 is 0 Å². The normalized spacial score (nSPS) is 16.4. The van der Waals surface area contributed by atoms with E-state index in [1.807, 2.05) is 24.3 Å². The topological polar surface area (TPSA) is 107 Å².